The predicted molar refractivity (Wildman–Crippen MR) is 96.6 cm³/mol. The molecular formula is C18H39AlO3. The molecule has 0 aromatic carbocycles. The van der Waals surface area contributed by atoms with Crippen LogP contribution in [0.4, 0.5) is 0 Å². The van der Waals surface area contributed by atoms with Crippen molar-refractivity contribution in [1.29, 1.82) is 0 Å². The van der Waals surface area contributed by atoms with E-state index < -0.39 is 5.97 Å². The first kappa shape index (κ1) is 22.4. The molecule has 1 aliphatic heterocycles. The van der Waals surface area contributed by atoms with Crippen molar-refractivity contribution in [1.82, 2.24) is 0 Å². The number of hydrogen-bond donors (Lipinski definition) is 1. The van der Waals surface area contributed by atoms with Gasteiger partial charge in [0.05, 0.1) is 0 Å². The summed E-state index contributed by atoms with van der Waals surface area (Å²) in [6.07, 6.45) is 21.0. The fraction of sp³-hybridized carbons (Fsp3) is 1.00. The predicted octanol–water partition coefficient (Wildman–Crippen LogP) is 4.67. The van der Waals surface area contributed by atoms with E-state index >= 15 is 0 Å². The lowest BCUT2D eigenvalue weighted by atomic mass is 10.0. The second kappa shape index (κ2) is 15.0. The van der Waals surface area contributed by atoms with Crippen molar-refractivity contribution in [3.05, 3.63) is 0 Å². The van der Waals surface area contributed by atoms with E-state index in [2.05, 4.69) is 16.7 Å². The Hall–Kier alpha value is 0.412. The molecule has 1 fully saturated rings. The summed E-state index contributed by atoms with van der Waals surface area (Å²) >= 11 is 0. The van der Waals surface area contributed by atoms with Gasteiger partial charge in [0, 0.05) is 6.42 Å². The molecule has 1 aliphatic rings. The van der Waals surface area contributed by atoms with Gasteiger partial charge in [-0.2, -0.15) is 9.78 Å². The summed E-state index contributed by atoms with van der Waals surface area (Å²) in [7, 11) is 0. The summed E-state index contributed by atoms with van der Waals surface area (Å²) in [6.45, 7) is 2.28. The molecule has 1 saturated heterocycles. The van der Waals surface area contributed by atoms with Crippen LogP contribution in [0.25, 0.3) is 0 Å². The Kier molecular flexibility index (Phi) is 15.3. The van der Waals surface area contributed by atoms with Crippen LogP contribution >= 0.6 is 0 Å². The molecule has 0 aromatic heterocycles. The first-order valence-corrected chi connectivity index (χ1v) is 9.36. The van der Waals surface area contributed by atoms with Crippen LogP contribution in [0.5, 0.6) is 0 Å². The third-order valence-corrected chi connectivity index (χ3v) is 4.37. The summed E-state index contributed by atoms with van der Waals surface area (Å²) in [5.74, 6) is -1.21. The molecule has 1 N–H and O–H groups in total. The smallest absolute Gasteiger partial charge is 0.337 e. The average Bonchev–Trinajstić information content (AvgIpc) is 3.21. The Morgan fingerprint density at radius 3 is 1.23 bits per heavy atom. The van der Waals surface area contributed by atoms with Gasteiger partial charge in [-0.05, 0) is 6.42 Å². The average molecular weight is 330 g/mol. The summed E-state index contributed by atoms with van der Waals surface area (Å²) < 4.78 is 0. The molecule has 4 heteroatoms. The van der Waals surface area contributed by atoms with E-state index in [9.17, 15) is 5.11 Å². The zero-order valence-electron chi connectivity index (χ0n) is 14.1. The summed E-state index contributed by atoms with van der Waals surface area (Å²) in [4.78, 5) is 8.94. The Balaban J connectivity index is 0.00000441. The van der Waals surface area contributed by atoms with E-state index in [1.54, 1.807) is 0 Å². The number of unbranched alkanes of at least 4 members (excludes halogenated alkanes) is 14. The maximum atomic E-state index is 9.29. The molecule has 0 saturated carbocycles. The van der Waals surface area contributed by atoms with Gasteiger partial charge in [-0.3, -0.25) is 0 Å². The Morgan fingerprint density at radius 1 is 0.591 bits per heavy atom. The molecule has 0 aromatic rings. The van der Waals surface area contributed by atoms with E-state index in [0.29, 0.717) is 6.42 Å². The van der Waals surface area contributed by atoms with Gasteiger partial charge in [-0.25, -0.2) is 0 Å². The lowest BCUT2D eigenvalue weighted by Crippen LogP contribution is -2.07. The SMILES string of the molecule is CCCCCCCCCCCCCCCCCC1(O)OO1.[AlH3]. The van der Waals surface area contributed by atoms with Crippen LogP contribution in [0.3, 0.4) is 0 Å². The van der Waals surface area contributed by atoms with Crippen molar-refractivity contribution >= 4 is 17.4 Å². The summed E-state index contributed by atoms with van der Waals surface area (Å²) in [5.41, 5.74) is 0. The van der Waals surface area contributed by atoms with Crippen LogP contribution in [-0.4, -0.2) is 28.4 Å². The highest BCUT2D eigenvalue weighted by atomic mass is 27.0. The summed E-state index contributed by atoms with van der Waals surface area (Å²) in [6, 6.07) is 0. The quantitative estimate of drug-likeness (QED) is 0.193. The van der Waals surface area contributed by atoms with Gasteiger partial charge in [0.2, 0.25) is 0 Å². The van der Waals surface area contributed by atoms with Crippen LogP contribution < -0.4 is 0 Å². The third kappa shape index (κ3) is 14.0. The van der Waals surface area contributed by atoms with Gasteiger partial charge < -0.3 is 5.11 Å². The van der Waals surface area contributed by atoms with E-state index in [0.717, 1.165) is 6.42 Å². The van der Waals surface area contributed by atoms with Gasteiger partial charge >= 0.3 is 5.97 Å². The van der Waals surface area contributed by atoms with Gasteiger partial charge in [-0.1, -0.05) is 96.8 Å². The number of hydrogen-bond acceptors (Lipinski definition) is 3. The first-order valence-electron chi connectivity index (χ1n) is 9.36. The highest BCUT2D eigenvalue weighted by molar-refractivity contribution is 5.75. The van der Waals surface area contributed by atoms with Crippen LogP contribution in [0.2, 0.25) is 0 Å². The standard InChI is InChI=1S/C18H36O3.Al.3H/c1-2-3-4-5-6-7-8-9-10-11-12-13-14-15-16-17-18(19)20-21-18;;;;/h19H,2-17H2,1H3;;;;. The van der Waals surface area contributed by atoms with E-state index in [-0.39, 0.29) is 17.4 Å². The number of rotatable bonds is 16. The normalized spacial score (nSPS) is 15.5. The van der Waals surface area contributed by atoms with Crippen LogP contribution in [-0.2, 0) is 9.78 Å². The minimum absolute atomic E-state index is 0. The van der Waals surface area contributed by atoms with Gasteiger partial charge in [0.1, 0.15) is 0 Å². The van der Waals surface area contributed by atoms with E-state index in [1.807, 2.05) is 0 Å². The summed E-state index contributed by atoms with van der Waals surface area (Å²) in [5, 5.41) is 9.29. The fourth-order valence-corrected chi connectivity index (χ4v) is 2.85. The molecule has 0 aliphatic carbocycles. The maximum absolute atomic E-state index is 9.29. The second-order valence-electron chi connectivity index (χ2n) is 6.58. The van der Waals surface area contributed by atoms with E-state index in [1.165, 1.54) is 89.9 Å². The van der Waals surface area contributed by atoms with Crippen molar-refractivity contribution in [2.75, 3.05) is 0 Å². The highest BCUT2D eigenvalue weighted by Gasteiger charge is 2.46. The van der Waals surface area contributed by atoms with E-state index in [4.69, 9.17) is 0 Å². The minimum atomic E-state index is -1.21. The lowest BCUT2D eigenvalue weighted by Gasteiger charge is -2.03. The molecule has 1 rings (SSSR count). The highest BCUT2D eigenvalue weighted by Crippen LogP contribution is 2.31. The monoisotopic (exact) mass is 330 g/mol. The first-order chi connectivity index (χ1) is 10.3. The number of aliphatic hydroxyl groups is 1. The van der Waals surface area contributed by atoms with Crippen molar-refractivity contribution < 1.29 is 14.9 Å². The molecule has 0 amide bonds. The van der Waals surface area contributed by atoms with Crippen LogP contribution in [0, 0.1) is 0 Å². The molecule has 0 spiro atoms. The molecular weight excluding hydrogens is 291 g/mol. The molecule has 0 bridgehead atoms. The van der Waals surface area contributed by atoms with Gasteiger partial charge in [-0.15, -0.1) is 0 Å². The maximum Gasteiger partial charge on any atom is 0.337 e. The third-order valence-electron chi connectivity index (χ3n) is 4.37. The minimum Gasteiger partial charge on any atom is -0.340 e. The fourth-order valence-electron chi connectivity index (χ4n) is 2.85. The van der Waals surface area contributed by atoms with Crippen LogP contribution in [0.1, 0.15) is 110 Å². The topological polar surface area (TPSA) is 45.3 Å². The molecule has 3 nitrogen and oxygen atoms in total. The Morgan fingerprint density at radius 2 is 0.909 bits per heavy atom. The second-order valence-corrected chi connectivity index (χ2v) is 6.58. The van der Waals surface area contributed by atoms with Crippen molar-refractivity contribution in [2.45, 2.75) is 116 Å². The molecule has 0 radical (unpaired) electrons. The largest absolute Gasteiger partial charge is 0.340 e. The Bertz CT molecular complexity index is 232. The Labute approximate surface area is 148 Å². The zero-order chi connectivity index (χ0) is 15.2. The van der Waals surface area contributed by atoms with Gasteiger partial charge in [0.15, 0.2) is 17.4 Å². The molecule has 0 atom stereocenters. The van der Waals surface area contributed by atoms with Crippen molar-refractivity contribution in [3.63, 3.8) is 0 Å². The molecule has 0 unspecified atom stereocenters. The van der Waals surface area contributed by atoms with Crippen molar-refractivity contribution in [2.24, 2.45) is 0 Å². The van der Waals surface area contributed by atoms with Gasteiger partial charge in [0.25, 0.3) is 0 Å². The molecule has 22 heavy (non-hydrogen) atoms. The van der Waals surface area contributed by atoms with Crippen molar-refractivity contribution in [3.8, 4) is 0 Å². The molecule has 132 valence electrons. The lowest BCUT2D eigenvalue weighted by molar-refractivity contribution is 0.0191. The zero-order valence-corrected chi connectivity index (χ0v) is 14.1. The molecule has 1 heterocycles. The van der Waals surface area contributed by atoms with Crippen LogP contribution in [0.15, 0.2) is 0 Å².